The Bertz CT molecular complexity index is 1850. The number of rotatable bonds is 8. The third-order valence-corrected chi connectivity index (χ3v) is 6.82. The van der Waals surface area contributed by atoms with Crippen LogP contribution in [0, 0.1) is 0 Å². The van der Waals surface area contributed by atoms with Crippen molar-refractivity contribution in [2.45, 2.75) is 32.1 Å². The van der Waals surface area contributed by atoms with Gasteiger partial charge in [-0.15, -0.1) is 5.10 Å². The number of methoxy groups -OCH3 is 1. The summed E-state index contributed by atoms with van der Waals surface area (Å²) in [4.78, 5) is 26.7. The highest BCUT2D eigenvalue weighted by atomic mass is 35.5. The smallest absolute Gasteiger partial charge is 0.408 e. The number of carbonyl (C=O) groups excluding carboxylic acids is 1. The number of ether oxygens (including phenoxy) is 1. The van der Waals surface area contributed by atoms with Crippen LogP contribution in [-0.2, 0) is 11.3 Å². The van der Waals surface area contributed by atoms with E-state index in [1.54, 1.807) is 25.1 Å². The maximum Gasteiger partial charge on any atom is 0.408 e. The normalized spacial score (nSPS) is 12.5. The molecule has 0 fully saturated rings. The molecule has 0 spiro atoms. The van der Waals surface area contributed by atoms with E-state index < -0.39 is 30.2 Å². The molecule has 0 radical (unpaired) electrons. The van der Waals surface area contributed by atoms with Crippen molar-refractivity contribution < 1.29 is 22.7 Å². The zero-order valence-corrected chi connectivity index (χ0v) is 23.6. The summed E-state index contributed by atoms with van der Waals surface area (Å²) in [6.45, 7) is 0.510. The van der Waals surface area contributed by atoms with E-state index >= 15 is 0 Å². The average Bonchev–Trinajstić information content (AvgIpc) is 3.53. The third kappa shape index (κ3) is 6.11. The van der Waals surface area contributed by atoms with Crippen LogP contribution in [0.1, 0.15) is 19.4 Å². The Labute approximate surface area is 246 Å². The van der Waals surface area contributed by atoms with Crippen LogP contribution >= 0.6 is 23.2 Å². The number of amides is 1. The van der Waals surface area contributed by atoms with E-state index in [0.717, 1.165) is 4.68 Å². The van der Waals surface area contributed by atoms with Gasteiger partial charge in [-0.1, -0.05) is 35.3 Å². The summed E-state index contributed by atoms with van der Waals surface area (Å²) in [5.74, 6) is -0.216. The Morgan fingerprint density at radius 1 is 1.07 bits per heavy atom. The summed E-state index contributed by atoms with van der Waals surface area (Å²) in [5.41, 5.74) is 1.65. The standard InChI is InChI=1S/C27H22Cl2F3N7O3/c1-3-21(26(41)33-17-5-6-20-15(8-17)11-37(35-20)14-27(30,31)32)38-12-23(42-2)19(10-25(38)40)18-9-16(28)4-7-22(18)39-13-24(29)34-36-39/h4-13,21H,3,14H2,1-2H3,(H,33,41). The lowest BCUT2D eigenvalue weighted by atomic mass is 10.0. The summed E-state index contributed by atoms with van der Waals surface area (Å²) in [6, 6.07) is 9.95. The Balaban J connectivity index is 1.46. The van der Waals surface area contributed by atoms with E-state index in [1.165, 1.54) is 59.2 Å². The molecule has 3 heterocycles. The molecule has 1 atom stereocenters. The van der Waals surface area contributed by atoms with Crippen molar-refractivity contribution in [3.05, 3.63) is 81.6 Å². The van der Waals surface area contributed by atoms with Crippen molar-refractivity contribution in [3.8, 4) is 22.6 Å². The Morgan fingerprint density at radius 3 is 2.52 bits per heavy atom. The average molecular weight is 620 g/mol. The SMILES string of the molecule is CCC(C(=O)Nc1ccc2nn(CC(F)(F)F)cc2c1)n1cc(OC)c(-c2cc(Cl)ccc2-n2cc(Cl)nn2)cc1=O. The van der Waals surface area contributed by atoms with E-state index in [2.05, 4.69) is 20.7 Å². The molecule has 1 unspecified atom stereocenters. The predicted molar refractivity (Wildman–Crippen MR) is 151 cm³/mol. The van der Waals surface area contributed by atoms with Crippen molar-refractivity contribution >= 4 is 45.7 Å². The molecule has 0 aliphatic carbocycles. The molecule has 218 valence electrons. The molecule has 0 aliphatic heterocycles. The Hall–Kier alpha value is -4.36. The van der Waals surface area contributed by atoms with Gasteiger partial charge >= 0.3 is 6.18 Å². The van der Waals surface area contributed by atoms with Gasteiger partial charge in [-0.05, 0) is 42.8 Å². The number of pyridine rings is 1. The van der Waals surface area contributed by atoms with E-state index in [-0.39, 0.29) is 17.3 Å². The van der Waals surface area contributed by atoms with Gasteiger partial charge in [0.15, 0.2) is 5.15 Å². The number of anilines is 1. The summed E-state index contributed by atoms with van der Waals surface area (Å²) in [7, 11) is 1.43. The van der Waals surface area contributed by atoms with E-state index in [9.17, 15) is 22.8 Å². The van der Waals surface area contributed by atoms with Crippen LogP contribution in [0.3, 0.4) is 0 Å². The van der Waals surface area contributed by atoms with Crippen molar-refractivity contribution in [1.82, 2.24) is 29.3 Å². The van der Waals surface area contributed by atoms with Crippen LogP contribution in [0.5, 0.6) is 5.75 Å². The molecule has 5 aromatic rings. The molecule has 15 heteroatoms. The number of nitrogens with zero attached hydrogens (tertiary/aromatic N) is 6. The van der Waals surface area contributed by atoms with Crippen molar-refractivity contribution in [2.75, 3.05) is 12.4 Å². The molecule has 3 aromatic heterocycles. The molecule has 1 N–H and O–H groups in total. The van der Waals surface area contributed by atoms with E-state index in [4.69, 9.17) is 27.9 Å². The van der Waals surface area contributed by atoms with Gasteiger partial charge in [0.2, 0.25) is 5.91 Å². The first kappa shape index (κ1) is 29.1. The van der Waals surface area contributed by atoms with E-state index in [0.29, 0.717) is 38.4 Å². The zero-order chi connectivity index (χ0) is 30.2. The second-order valence-electron chi connectivity index (χ2n) is 9.28. The molecule has 0 saturated carbocycles. The first-order chi connectivity index (χ1) is 20.0. The van der Waals surface area contributed by atoms with Gasteiger partial charge in [0.05, 0.1) is 30.7 Å². The maximum atomic E-state index is 13.4. The van der Waals surface area contributed by atoms with Crippen LogP contribution in [0.15, 0.2) is 65.8 Å². The summed E-state index contributed by atoms with van der Waals surface area (Å²) < 4.78 is 47.4. The quantitative estimate of drug-likeness (QED) is 0.231. The second kappa shape index (κ2) is 11.5. The van der Waals surface area contributed by atoms with Crippen LogP contribution in [-0.4, -0.2) is 48.5 Å². The first-order valence-corrected chi connectivity index (χ1v) is 13.2. The van der Waals surface area contributed by atoms with Gasteiger partial charge in [0, 0.05) is 39.5 Å². The minimum Gasteiger partial charge on any atom is -0.495 e. The lowest BCUT2D eigenvalue weighted by Crippen LogP contribution is -2.32. The predicted octanol–water partition coefficient (Wildman–Crippen LogP) is 5.91. The fourth-order valence-corrected chi connectivity index (χ4v) is 4.88. The van der Waals surface area contributed by atoms with Crippen LogP contribution in [0.2, 0.25) is 10.2 Å². The minimum atomic E-state index is -4.42. The highest BCUT2D eigenvalue weighted by Gasteiger charge is 2.28. The lowest BCUT2D eigenvalue weighted by Gasteiger charge is -2.20. The van der Waals surface area contributed by atoms with Gasteiger partial charge < -0.3 is 10.1 Å². The van der Waals surface area contributed by atoms with Gasteiger partial charge in [-0.3, -0.25) is 18.8 Å². The van der Waals surface area contributed by atoms with Crippen molar-refractivity contribution in [3.63, 3.8) is 0 Å². The molecule has 42 heavy (non-hydrogen) atoms. The highest BCUT2D eigenvalue weighted by Crippen LogP contribution is 2.35. The lowest BCUT2D eigenvalue weighted by molar-refractivity contribution is -0.142. The van der Waals surface area contributed by atoms with Crippen molar-refractivity contribution in [2.24, 2.45) is 0 Å². The molecule has 10 nitrogen and oxygen atoms in total. The first-order valence-electron chi connectivity index (χ1n) is 12.5. The maximum absolute atomic E-state index is 13.4. The van der Waals surface area contributed by atoms with Crippen LogP contribution in [0.4, 0.5) is 18.9 Å². The molecular formula is C27H22Cl2F3N7O3. The number of alkyl halides is 3. The number of carbonyl (C=O) groups is 1. The number of benzene rings is 2. The fourth-order valence-electron chi connectivity index (χ4n) is 4.58. The largest absolute Gasteiger partial charge is 0.495 e. The van der Waals surface area contributed by atoms with Crippen LogP contribution in [0.25, 0.3) is 27.7 Å². The molecule has 0 aliphatic rings. The monoisotopic (exact) mass is 619 g/mol. The van der Waals surface area contributed by atoms with Crippen molar-refractivity contribution in [1.29, 1.82) is 0 Å². The molecule has 2 aromatic carbocycles. The number of aromatic nitrogens is 6. The highest BCUT2D eigenvalue weighted by molar-refractivity contribution is 6.31. The molecule has 0 bridgehead atoms. The van der Waals surface area contributed by atoms with Crippen LogP contribution < -0.4 is 15.6 Å². The summed E-state index contributed by atoms with van der Waals surface area (Å²) in [5, 5.41) is 15.4. The molecular weight excluding hydrogens is 598 g/mol. The summed E-state index contributed by atoms with van der Waals surface area (Å²) in [6.07, 6.45) is 0.0176. The van der Waals surface area contributed by atoms with Gasteiger partial charge in [0.25, 0.3) is 5.56 Å². The third-order valence-electron chi connectivity index (χ3n) is 6.41. The molecule has 0 saturated heterocycles. The minimum absolute atomic E-state index is 0.171. The number of nitrogens with one attached hydrogen (secondary N) is 1. The number of hydrogen-bond donors (Lipinski definition) is 1. The summed E-state index contributed by atoms with van der Waals surface area (Å²) >= 11 is 12.2. The molecule has 1 amide bonds. The Morgan fingerprint density at radius 2 is 1.86 bits per heavy atom. The number of hydrogen-bond acceptors (Lipinski definition) is 6. The zero-order valence-electron chi connectivity index (χ0n) is 22.1. The molecule has 5 rings (SSSR count). The Kier molecular flexibility index (Phi) is 7.97. The fraction of sp³-hybridized carbons (Fsp3) is 0.222. The van der Waals surface area contributed by atoms with Gasteiger partial charge in [0.1, 0.15) is 18.3 Å². The van der Waals surface area contributed by atoms with Gasteiger partial charge in [-0.25, -0.2) is 4.68 Å². The van der Waals surface area contributed by atoms with Gasteiger partial charge in [-0.2, -0.15) is 18.3 Å². The topological polar surface area (TPSA) is 109 Å². The number of halogens is 5. The second-order valence-corrected chi connectivity index (χ2v) is 10.1. The van der Waals surface area contributed by atoms with E-state index in [1.807, 2.05) is 0 Å². The number of fused-ring (bicyclic) bond motifs is 1.